The first kappa shape index (κ1) is 17.6. The highest BCUT2D eigenvalue weighted by molar-refractivity contribution is 9.10. The number of rotatable bonds is 3. The zero-order chi connectivity index (χ0) is 17.6. The molecule has 1 heterocycles. The number of halogens is 1. The lowest BCUT2D eigenvalue weighted by Crippen LogP contribution is -2.52. The fourth-order valence-corrected chi connectivity index (χ4v) is 3.50. The SMILES string of the molecule is CN=C(NCc1cccc(Br)c1)N1CCN(c2ccccc2O)CC1. The number of aliphatic imine (C=N–C) groups is 1. The molecule has 1 saturated heterocycles. The van der Waals surface area contributed by atoms with E-state index >= 15 is 0 Å². The van der Waals surface area contributed by atoms with E-state index in [1.807, 2.05) is 37.4 Å². The Morgan fingerprint density at radius 3 is 2.56 bits per heavy atom. The van der Waals surface area contributed by atoms with Crippen LogP contribution in [0.5, 0.6) is 5.75 Å². The monoisotopic (exact) mass is 402 g/mol. The van der Waals surface area contributed by atoms with E-state index in [9.17, 15) is 5.11 Å². The molecule has 2 aromatic carbocycles. The maximum Gasteiger partial charge on any atom is 0.194 e. The van der Waals surface area contributed by atoms with Crippen LogP contribution in [0, 0.1) is 0 Å². The van der Waals surface area contributed by atoms with E-state index in [-0.39, 0.29) is 0 Å². The number of anilines is 1. The molecule has 6 heteroatoms. The topological polar surface area (TPSA) is 51.1 Å². The Balaban J connectivity index is 1.56. The largest absolute Gasteiger partial charge is 0.506 e. The predicted octanol–water partition coefficient (Wildman–Crippen LogP) is 3.05. The molecule has 3 rings (SSSR count). The van der Waals surface area contributed by atoms with Crippen molar-refractivity contribution in [2.45, 2.75) is 6.54 Å². The zero-order valence-corrected chi connectivity index (χ0v) is 15.9. The Hall–Kier alpha value is -2.21. The van der Waals surface area contributed by atoms with Gasteiger partial charge in [-0.2, -0.15) is 0 Å². The van der Waals surface area contributed by atoms with Crippen LogP contribution in [0.15, 0.2) is 58.0 Å². The van der Waals surface area contributed by atoms with Crippen molar-refractivity contribution >= 4 is 27.6 Å². The fraction of sp³-hybridized carbons (Fsp3) is 0.316. The molecule has 5 nitrogen and oxygen atoms in total. The van der Waals surface area contributed by atoms with E-state index in [2.05, 4.69) is 48.2 Å². The standard InChI is InChI=1S/C19H23BrN4O/c1-21-19(22-14-15-5-4-6-16(20)13-15)24-11-9-23(10-12-24)17-7-2-3-8-18(17)25/h2-8,13,25H,9-12,14H2,1H3,(H,21,22). The first-order valence-corrected chi connectivity index (χ1v) is 9.19. The summed E-state index contributed by atoms with van der Waals surface area (Å²) in [5.41, 5.74) is 2.11. The van der Waals surface area contributed by atoms with Crippen molar-refractivity contribution in [1.82, 2.24) is 10.2 Å². The molecule has 1 aliphatic rings. The number of hydrogen-bond acceptors (Lipinski definition) is 3. The minimum Gasteiger partial charge on any atom is -0.506 e. The van der Waals surface area contributed by atoms with Gasteiger partial charge in [-0.3, -0.25) is 4.99 Å². The molecule has 0 bridgehead atoms. The highest BCUT2D eigenvalue weighted by Crippen LogP contribution is 2.27. The summed E-state index contributed by atoms with van der Waals surface area (Å²) in [5.74, 6) is 1.25. The number of nitrogens with zero attached hydrogens (tertiary/aromatic N) is 3. The number of hydrogen-bond donors (Lipinski definition) is 2. The van der Waals surface area contributed by atoms with Crippen LogP contribution in [0.4, 0.5) is 5.69 Å². The third-order valence-electron chi connectivity index (χ3n) is 4.35. The average Bonchev–Trinajstić information content (AvgIpc) is 2.63. The summed E-state index contributed by atoms with van der Waals surface area (Å²) in [6.45, 7) is 4.19. The number of piperazine rings is 1. The van der Waals surface area contributed by atoms with Crippen molar-refractivity contribution in [2.75, 3.05) is 38.1 Å². The van der Waals surface area contributed by atoms with Gasteiger partial charge in [-0.15, -0.1) is 0 Å². The van der Waals surface area contributed by atoms with Crippen LogP contribution in [0.2, 0.25) is 0 Å². The van der Waals surface area contributed by atoms with Gasteiger partial charge in [-0.05, 0) is 29.8 Å². The van der Waals surface area contributed by atoms with E-state index in [0.717, 1.165) is 48.8 Å². The van der Waals surface area contributed by atoms with Crippen molar-refractivity contribution in [3.8, 4) is 5.75 Å². The van der Waals surface area contributed by atoms with Crippen molar-refractivity contribution in [1.29, 1.82) is 0 Å². The molecule has 1 fully saturated rings. The number of guanidine groups is 1. The van der Waals surface area contributed by atoms with Crippen LogP contribution < -0.4 is 10.2 Å². The molecule has 0 radical (unpaired) electrons. The smallest absolute Gasteiger partial charge is 0.194 e. The molecule has 0 unspecified atom stereocenters. The van der Waals surface area contributed by atoms with Crippen LogP contribution in [0.25, 0.3) is 0 Å². The summed E-state index contributed by atoms with van der Waals surface area (Å²) in [6, 6.07) is 15.8. The van der Waals surface area contributed by atoms with E-state index in [1.165, 1.54) is 5.56 Å². The van der Waals surface area contributed by atoms with E-state index in [4.69, 9.17) is 0 Å². The molecule has 0 spiro atoms. The van der Waals surface area contributed by atoms with Crippen molar-refractivity contribution < 1.29 is 5.11 Å². The first-order chi connectivity index (χ1) is 12.2. The quantitative estimate of drug-likeness (QED) is 0.611. The first-order valence-electron chi connectivity index (χ1n) is 8.40. The Morgan fingerprint density at radius 2 is 1.88 bits per heavy atom. The Bertz CT molecular complexity index is 742. The Labute approximate surface area is 157 Å². The fourth-order valence-electron chi connectivity index (χ4n) is 3.05. The summed E-state index contributed by atoms with van der Waals surface area (Å²) in [6.07, 6.45) is 0. The summed E-state index contributed by atoms with van der Waals surface area (Å²) < 4.78 is 1.08. The minimum absolute atomic E-state index is 0.341. The molecule has 2 aromatic rings. The van der Waals surface area contributed by atoms with Crippen LogP contribution in [-0.2, 0) is 6.54 Å². The van der Waals surface area contributed by atoms with Gasteiger partial charge in [0.25, 0.3) is 0 Å². The highest BCUT2D eigenvalue weighted by atomic mass is 79.9. The Kier molecular flexibility index (Phi) is 5.81. The molecule has 0 aliphatic carbocycles. The molecule has 2 N–H and O–H groups in total. The van der Waals surface area contributed by atoms with Gasteiger partial charge in [-0.1, -0.05) is 40.2 Å². The predicted molar refractivity (Wildman–Crippen MR) is 106 cm³/mol. The van der Waals surface area contributed by atoms with Crippen molar-refractivity contribution in [3.05, 3.63) is 58.6 Å². The van der Waals surface area contributed by atoms with Gasteiger partial charge in [0.2, 0.25) is 0 Å². The third kappa shape index (κ3) is 4.45. The summed E-state index contributed by atoms with van der Waals surface area (Å²) in [5, 5.41) is 13.5. The number of aromatic hydroxyl groups is 1. The highest BCUT2D eigenvalue weighted by Gasteiger charge is 2.21. The minimum atomic E-state index is 0.341. The van der Waals surface area contributed by atoms with Gasteiger partial charge in [0.15, 0.2) is 5.96 Å². The normalized spacial score (nSPS) is 15.4. The van der Waals surface area contributed by atoms with Gasteiger partial charge in [0.1, 0.15) is 5.75 Å². The molecule has 0 atom stereocenters. The van der Waals surface area contributed by atoms with Gasteiger partial charge < -0.3 is 20.2 Å². The van der Waals surface area contributed by atoms with Crippen LogP contribution >= 0.6 is 15.9 Å². The van der Waals surface area contributed by atoms with Gasteiger partial charge in [0.05, 0.1) is 5.69 Å². The molecule has 0 amide bonds. The second-order valence-corrected chi connectivity index (χ2v) is 6.91. The summed E-state index contributed by atoms with van der Waals surface area (Å²) in [7, 11) is 1.82. The molecule has 25 heavy (non-hydrogen) atoms. The number of phenolic OH excluding ortho intramolecular Hbond substituents is 1. The summed E-state index contributed by atoms with van der Waals surface area (Å²) >= 11 is 3.50. The van der Waals surface area contributed by atoms with Gasteiger partial charge in [0, 0.05) is 44.2 Å². The van der Waals surface area contributed by atoms with E-state index in [1.54, 1.807) is 6.07 Å². The molecule has 0 saturated carbocycles. The second kappa shape index (κ2) is 8.25. The molecular formula is C19H23BrN4O. The lowest BCUT2D eigenvalue weighted by atomic mass is 10.2. The maximum atomic E-state index is 10.0. The number of para-hydroxylation sites is 2. The Morgan fingerprint density at radius 1 is 1.12 bits per heavy atom. The van der Waals surface area contributed by atoms with Gasteiger partial charge >= 0.3 is 0 Å². The second-order valence-electron chi connectivity index (χ2n) is 5.99. The third-order valence-corrected chi connectivity index (χ3v) is 4.85. The van der Waals surface area contributed by atoms with Crippen molar-refractivity contribution in [2.24, 2.45) is 4.99 Å². The van der Waals surface area contributed by atoms with E-state index < -0.39 is 0 Å². The lowest BCUT2D eigenvalue weighted by Gasteiger charge is -2.37. The average molecular weight is 403 g/mol. The zero-order valence-electron chi connectivity index (χ0n) is 14.3. The van der Waals surface area contributed by atoms with E-state index in [0.29, 0.717) is 5.75 Å². The molecule has 132 valence electrons. The van der Waals surface area contributed by atoms with Gasteiger partial charge in [-0.25, -0.2) is 0 Å². The maximum absolute atomic E-state index is 10.0. The van der Waals surface area contributed by atoms with Crippen LogP contribution in [-0.4, -0.2) is 49.2 Å². The van der Waals surface area contributed by atoms with Crippen molar-refractivity contribution in [3.63, 3.8) is 0 Å². The number of nitrogens with one attached hydrogen (secondary N) is 1. The van der Waals surface area contributed by atoms with Crippen LogP contribution in [0.1, 0.15) is 5.56 Å². The molecular weight excluding hydrogens is 380 g/mol. The summed E-state index contributed by atoms with van der Waals surface area (Å²) in [4.78, 5) is 8.89. The lowest BCUT2D eigenvalue weighted by molar-refractivity contribution is 0.369. The van der Waals surface area contributed by atoms with Crippen LogP contribution in [0.3, 0.4) is 0 Å². The number of benzene rings is 2. The molecule has 0 aromatic heterocycles. The number of phenols is 1. The molecule has 1 aliphatic heterocycles.